The van der Waals surface area contributed by atoms with Gasteiger partial charge in [0.1, 0.15) is 24.8 Å². The van der Waals surface area contributed by atoms with Crippen molar-refractivity contribution in [2.24, 2.45) is 0 Å². The Morgan fingerprint density at radius 2 is 1.70 bits per heavy atom. The van der Waals surface area contributed by atoms with E-state index in [1.54, 1.807) is 22.4 Å². The van der Waals surface area contributed by atoms with Crippen LogP contribution in [0, 0.1) is 6.92 Å². The number of imide groups is 1. The monoisotopic (exact) mass is 1020 g/mol. The van der Waals surface area contributed by atoms with Gasteiger partial charge in [-0.3, -0.25) is 33.9 Å². The molecular weight excluding hydrogens is 958 g/mol. The number of halogens is 1. The lowest BCUT2D eigenvalue weighted by Gasteiger charge is -2.43. The molecular formula is C51H61BrN11O5P. The van der Waals surface area contributed by atoms with Gasteiger partial charge in [-0.15, -0.1) is 0 Å². The van der Waals surface area contributed by atoms with Crippen LogP contribution in [0.4, 0.5) is 28.8 Å². The number of carbonyl (C=O) groups is 2. The zero-order valence-electron chi connectivity index (χ0n) is 39.9. The van der Waals surface area contributed by atoms with E-state index in [4.69, 9.17) is 14.7 Å². The average molecular weight is 1020 g/mol. The Morgan fingerprint density at radius 3 is 2.41 bits per heavy atom. The summed E-state index contributed by atoms with van der Waals surface area (Å²) in [7, 11) is -0.864. The van der Waals surface area contributed by atoms with Gasteiger partial charge in [0, 0.05) is 111 Å². The van der Waals surface area contributed by atoms with Crippen molar-refractivity contribution >= 4 is 91.0 Å². The molecule has 0 bridgehead atoms. The Hall–Kier alpha value is -5.61. The minimum atomic E-state index is -2.56. The molecule has 7 heterocycles. The molecule has 4 fully saturated rings. The van der Waals surface area contributed by atoms with Gasteiger partial charge in [0.25, 0.3) is 0 Å². The number of fused-ring (bicyclic) bond motifs is 2. The number of pyridine rings is 1. The van der Waals surface area contributed by atoms with Crippen molar-refractivity contribution in [1.29, 1.82) is 0 Å². The number of anilines is 5. The van der Waals surface area contributed by atoms with E-state index < -0.39 is 19.1 Å². The Bertz CT molecular complexity index is 3060. The van der Waals surface area contributed by atoms with Gasteiger partial charge in [0.15, 0.2) is 0 Å². The zero-order chi connectivity index (χ0) is 48.0. The lowest BCUT2D eigenvalue weighted by atomic mass is 9.99. The molecule has 16 nitrogen and oxygen atoms in total. The van der Waals surface area contributed by atoms with E-state index in [0.717, 1.165) is 128 Å². The predicted molar refractivity (Wildman–Crippen MR) is 277 cm³/mol. The number of hydrogen-bond acceptors (Lipinski definition) is 13. The van der Waals surface area contributed by atoms with E-state index in [2.05, 4.69) is 76.7 Å². The van der Waals surface area contributed by atoms with Crippen molar-refractivity contribution in [2.45, 2.75) is 84.3 Å². The number of imidazole rings is 1. The topological polar surface area (TPSA) is 172 Å². The number of para-hydroxylation sites is 1. The van der Waals surface area contributed by atoms with Crippen molar-refractivity contribution in [3.05, 3.63) is 92.6 Å². The van der Waals surface area contributed by atoms with E-state index >= 15 is 0 Å². The molecule has 0 radical (unpaired) electrons. The molecule has 0 spiro atoms. The van der Waals surface area contributed by atoms with Gasteiger partial charge in [-0.1, -0.05) is 25.1 Å². The van der Waals surface area contributed by atoms with Gasteiger partial charge in [0.2, 0.25) is 17.8 Å². The number of aryl methyl sites for hydroxylation is 3. The molecule has 4 saturated heterocycles. The second-order valence-electron chi connectivity index (χ2n) is 18.8. The zero-order valence-corrected chi connectivity index (χ0v) is 42.4. The maximum Gasteiger partial charge on any atom is 0.329 e. The standard InChI is InChI=1S/C51H61BrN11O5P/c1-5-33-29-40(56-50-53-31-37(52)48(58-50)55-39-14-13-38-36(12-11-32(3)54-38)47(39)69(67)27-8-28-69)44(68-4)30-43(33)61-21-18-35(19-22-61)60-25-23-59(24-26-60)20-17-34-9-7-10-41-46(34)62(6-2)51(66)63(41)42-15-16-45(64)57-49(42)65/h7,9-14,29-31,35,42H,5-6,8,15-28H2,1-4H3,(H,57,64,65)(H2,53,55,56,58). The van der Waals surface area contributed by atoms with Crippen LogP contribution in [0.25, 0.3) is 21.9 Å². The molecule has 4 aliphatic heterocycles. The lowest BCUT2D eigenvalue weighted by Crippen LogP contribution is -2.53. The molecule has 4 aliphatic rings. The van der Waals surface area contributed by atoms with Crippen LogP contribution < -0.4 is 36.6 Å². The maximum absolute atomic E-state index is 14.1. The molecule has 1 unspecified atom stereocenters. The number of piperidine rings is 2. The quantitative estimate of drug-likeness (QED) is 0.0725. The van der Waals surface area contributed by atoms with E-state index in [9.17, 15) is 18.9 Å². The number of benzene rings is 3. The van der Waals surface area contributed by atoms with E-state index in [0.29, 0.717) is 53.3 Å². The van der Waals surface area contributed by atoms with Crippen LogP contribution >= 0.6 is 23.1 Å². The van der Waals surface area contributed by atoms with Crippen molar-refractivity contribution in [1.82, 2.24) is 39.2 Å². The van der Waals surface area contributed by atoms with Crippen LogP contribution in [-0.4, -0.2) is 117 Å². The van der Waals surface area contributed by atoms with Crippen molar-refractivity contribution in [3.8, 4) is 5.75 Å². The summed E-state index contributed by atoms with van der Waals surface area (Å²) in [6.07, 6.45) is 8.43. The molecule has 2 amide bonds. The van der Waals surface area contributed by atoms with Crippen molar-refractivity contribution in [2.75, 3.05) is 80.8 Å². The third kappa shape index (κ3) is 9.19. The van der Waals surface area contributed by atoms with Gasteiger partial charge in [-0.25, -0.2) is 9.78 Å². The van der Waals surface area contributed by atoms with Crippen LogP contribution in [0.5, 0.6) is 5.75 Å². The summed E-state index contributed by atoms with van der Waals surface area (Å²) >= 11 is 3.66. The summed E-state index contributed by atoms with van der Waals surface area (Å²) in [5.41, 5.74) is 8.29. The molecule has 10 rings (SSSR count). The maximum atomic E-state index is 14.1. The third-order valence-corrected chi connectivity index (χ3v) is 18.7. The largest absolute Gasteiger partial charge is 0.494 e. The number of piperazine rings is 1. The van der Waals surface area contributed by atoms with Crippen LogP contribution in [0.1, 0.15) is 68.8 Å². The first-order valence-corrected chi connectivity index (χ1v) is 27.4. The Kier molecular flexibility index (Phi) is 13.4. The van der Waals surface area contributed by atoms with E-state index in [1.165, 1.54) is 11.3 Å². The smallest absolute Gasteiger partial charge is 0.329 e. The second-order valence-corrected chi connectivity index (χ2v) is 22.8. The van der Waals surface area contributed by atoms with Gasteiger partial charge in [-0.2, -0.15) is 4.98 Å². The summed E-state index contributed by atoms with van der Waals surface area (Å²) in [4.78, 5) is 60.3. The fraction of sp³-hybridized carbons (Fsp3) is 0.451. The van der Waals surface area contributed by atoms with Crippen molar-refractivity contribution < 1.29 is 18.9 Å². The first-order chi connectivity index (χ1) is 33.4. The highest BCUT2D eigenvalue weighted by molar-refractivity contribution is 9.10. The second kappa shape index (κ2) is 19.6. The number of carbonyl (C=O) groups excluding carboxylic acids is 2. The van der Waals surface area contributed by atoms with Crippen LogP contribution in [-0.2, 0) is 33.5 Å². The molecule has 3 N–H and O–H groups in total. The van der Waals surface area contributed by atoms with Crippen molar-refractivity contribution in [3.63, 3.8) is 0 Å². The average Bonchev–Trinajstić information content (AvgIpc) is 3.64. The fourth-order valence-corrected chi connectivity index (χ4v) is 13.8. The number of nitrogens with zero attached hydrogens (tertiary/aromatic N) is 8. The highest BCUT2D eigenvalue weighted by Gasteiger charge is 2.37. The molecule has 3 aromatic carbocycles. The van der Waals surface area contributed by atoms with Crippen LogP contribution in [0.2, 0.25) is 0 Å². The summed E-state index contributed by atoms with van der Waals surface area (Å²) in [5, 5.41) is 11.1. The van der Waals surface area contributed by atoms with Crippen LogP contribution in [0.3, 0.4) is 0 Å². The first kappa shape index (κ1) is 47.1. The SMILES string of the molecule is CCc1cc(Nc2ncc(Br)c(Nc3ccc4nc(C)ccc4c3P3(=O)CCC3)n2)c(OC)cc1N1CCC(N2CCN(CCc3cccc4c3n(CC)c(=O)n4C3CCC(=O)NC3=O)CC2)CC1. The molecule has 3 aromatic heterocycles. The molecule has 362 valence electrons. The van der Waals surface area contributed by atoms with Gasteiger partial charge < -0.3 is 29.7 Å². The molecule has 18 heteroatoms. The Labute approximate surface area is 410 Å². The Morgan fingerprint density at radius 1 is 0.899 bits per heavy atom. The van der Waals surface area contributed by atoms with E-state index in [-0.39, 0.29) is 18.0 Å². The minimum absolute atomic E-state index is 0.200. The molecule has 1 atom stereocenters. The summed E-state index contributed by atoms with van der Waals surface area (Å²) < 4.78 is 24.2. The number of hydrogen-bond donors (Lipinski definition) is 3. The van der Waals surface area contributed by atoms with Crippen LogP contribution in [0.15, 0.2) is 70.1 Å². The summed E-state index contributed by atoms with van der Waals surface area (Å²) in [6, 6.07) is 18.1. The number of amides is 2. The minimum Gasteiger partial charge on any atom is -0.494 e. The molecule has 6 aromatic rings. The number of methoxy groups -OCH3 is 1. The van der Waals surface area contributed by atoms with Gasteiger partial charge in [0.05, 0.1) is 39.5 Å². The number of rotatable bonds is 14. The van der Waals surface area contributed by atoms with Gasteiger partial charge in [-0.05, 0) is 110 Å². The summed E-state index contributed by atoms with van der Waals surface area (Å²) in [6.45, 7) is 13.4. The number of nitrogens with one attached hydrogen (secondary N) is 3. The summed E-state index contributed by atoms with van der Waals surface area (Å²) in [5.74, 6) is 0.988. The highest BCUT2D eigenvalue weighted by atomic mass is 79.9. The van der Waals surface area contributed by atoms with Gasteiger partial charge >= 0.3 is 5.69 Å². The highest BCUT2D eigenvalue weighted by Crippen LogP contribution is 2.56. The number of ether oxygens (including phenoxy) is 1. The fourth-order valence-electron chi connectivity index (χ4n) is 11.0. The molecule has 0 saturated carbocycles. The normalized spacial score (nSPS) is 19.2. The molecule has 69 heavy (non-hydrogen) atoms. The molecule has 0 aliphatic carbocycles. The van der Waals surface area contributed by atoms with E-state index in [1.807, 2.05) is 50.2 Å². The predicted octanol–water partition coefficient (Wildman–Crippen LogP) is 7.49. The first-order valence-electron chi connectivity index (χ1n) is 24.5. The number of aromatic nitrogens is 5. The lowest BCUT2D eigenvalue weighted by molar-refractivity contribution is -0.135. The Balaban J connectivity index is 0.769. The third-order valence-electron chi connectivity index (χ3n) is 14.8.